The van der Waals surface area contributed by atoms with E-state index in [0.717, 1.165) is 11.3 Å². The molecule has 0 radical (unpaired) electrons. The Kier molecular flexibility index (Phi) is 2.22. The van der Waals surface area contributed by atoms with E-state index in [9.17, 15) is 0 Å². The van der Waals surface area contributed by atoms with Gasteiger partial charge in [-0.25, -0.2) is 4.98 Å². The lowest BCUT2D eigenvalue weighted by Crippen LogP contribution is -1.89. The lowest BCUT2D eigenvalue weighted by Gasteiger charge is -2.01. The summed E-state index contributed by atoms with van der Waals surface area (Å²) in [6.07, 6.45) is 0. The number of benzene rings is 2. The van der Waals surface area contributed by atoms with Crippen LogP contribution in [0.2, 0.25) is 0 Å². The molecule has 0 bridgehead atoms. The summed E-state index contributed by atoms with van der Waals surface area (Å²) < 4.78 is 2.12. The third kappa shape index (κ3) is 1.62. The molecule has 0 saturated carbocycles. The van der Waals surface area contributed by atoms with Gasteiger partial charge in [0.25, 0.3) is 0 Å². The first-order valence-corrected chi connectivity index (χ1v) is 5.74. The number of fused-ring (bicyclic) bond motifs is 1. The van der Waals surface area contributed by atoms with Gasteiger partial charge in [0.15, 0.2) is 0 Å². The Morgan fingerprint density at radius 1 is 0.941 bits per heavy atom. The van der Waals surface area contributed by atoms with E-state index in [-0.39, 0.29) is 0 Å². The number of hydrogen-bond acceptors (Lipinski definition) is 1. The van der Waals surface area contributed by atoms with E-state index in [2.05, 4.69) is 52.0 Å². The van der Waals surface area contributed by atoms with Crippen LogP contribution in [0.4, 0.5) is 0 Å². The van der Waals surface area contributed by atoms with Crippen molar-refractivity contribution < 1.29 is 0 Å². The topological polar surface area (TPSA) is 17.8 Å². The van der Waals surface area contributed by atoms with Gasteiger partial charge in [-0.15, -0.1) is 0 Å². The molecular weight excluding hydrogens is 208 g/mol. The van der Waals surface area contributed by atoms with Crippen molar-refractivity contribution in [2.75, 3.05) is 0 Å². The maximum atomic E-state index is 4.56. The summed E-state index contributed by atoms with van der Waals surface area (Å²) in [6, 6.07) is 16.8. The molecule has 0 atom stereocenters. The Morgan fingerprint density at radius 3 is 2.47 bits per heavy atom. The van der Waals surface area contributed by atoms with Crippen molar-refractivity contribution in [2.24, 2.45) is 7.05 Å². The predicted molar refractivity (Wildman–Crippen MR) is 70.9 cm³/mol. The third-order valence-corrected chi connectivity index (χ3v) is 3.21. The second kappa shape index (κ2) is 3.74. The summed E-state index contributed by atoms with van der Waals surface area (Å²) >= 11 is 0. The highest BCUT2D eigenvalue weighted by molar-refractivity contribution is 5.82. The predicted octanol–water partition coefficient (Wildman–Crippen LogP) is 3.55. The molecule has 0 aliphatic carbocycles. The Balaban J connectivity index is 2.21. The maximum absolute atomic E-state index is 4.56. The number of aryl methyl sites for hydroxylation is 2. The van der Waals surface area contributed by atoms with Crippen LogP contribution >= 0.6 is 0 Å². The van der Waals surface area contributed by atoms with E-state index in [4.69, 9.17) is 0 Å². The molecule has 1 aromatic heterocycles. The summed E-state index contributed by atoms with van der Waals surface area (Å²) in [6.45, 7) is 2.03. The molecule has 3 aromatic rings. The Bertz CT molecular complexity index is 666. The first kappa shape index (κ1) is 10.1. The highest BCUT2D eigenvalue weighted by Crippen LogP contribution is 2.24. The summed E-state index contributed by atoms with van der Waals surface area (Å²) in [5, 5.41) is 0. The number of hydrogen-bond donors (Lipinski definition) is 0. The zero-order valence-corrected chi connectivity index (χ0v) is 10.0. The fourth-order valence-electron chi connectivity index (χ4n) is 2.13. The van der Waals surface area contributed by atoms with Crippen molar-refractivity contribution in [3.8, 4) is 11.1 Å². The van der Waals surface area contributed by atoms with Crippen LogP contribution in [0.5, 0.6) is 0 Å². The van der Waals surface area contributed by atoms with Crippen molar-refractivity contribution in [1.29, 1.82) is 0 Å². The lowest BCUT2D eigenvalue weighted by atomic mass is 10.1. The quantitative estimate of drug-likeness (QED) is 0.615. The minimum absolute atomic E-state index is 1.05. The SMILES string of the molecule is Cc1nc2cc(-c3ccccc3)ccc2n1C. The molecule has 2 nitrogen and oxygen atoms in total. The summed E-state index contributed by atoms with van der Waals surface area (Å²) in [4.78, 5) is 4.56. The maximum Gasteiger partial charge on any atom is 0.106 e. The fourth-order valence-corrected chi connectivity index (χ4v) is 2.13. The fraction of sp³-hybridized carbons (Fsp3) is 0.133. The Labute approximate surface area is 101 Å². The molecular formula is C15H14N2. The molecule has 0 unspecified atom stereocenters. The van der Waals surface area contributed by atoms with Crippen molar-refractivity contribution in [1.82, 2.24) is 9.55 Å². The van der Waals surface area contributed by atoms with E-state index in [1.807, 2.05) is 20.0 Å². The van der Waals surface area contributed by atoms with Gasteiger partial charge in [-0.05, 0) is 30.2 Å². The van der Waals surface area contributed by atoms with E-state index in [1.165, 1.54) is 16.6 Å². The van der Waals surface area contributed by atoms with Gasteiger partial charge < -0.3 is 4.57 Å². The van der Waals surface area contributed by atoms with Crippen LogP contribution in [-0.2, 0) is 7.05 Å². The monoisotopic (exact) mass is 222 g/mol. The molecule has 84 valence electrons. The number of aromatic nitrogens is 2. The zero-order chi connectivity index (χ0) is 11.8. The van der Waals surface area contributed by atoms with Gasteiger partial charge in [0.2, 0.25) is 0 Å². The van der Waals surface area contributed by atoms with Gasteiger partial charge in [0.05, 0.1) is 11.0 Å². The van der Waals surface area contributed by atoms with Crippen LogP contribution < -0.4 is 0 Å². The molecule has 0 fully saturated rings. The average molecular weight is 222 g/mol. The van der Waals surface area contributed by atoms with E-state index < -0.39 is 0 Å². The zero-order valence-electron chi connectivity index (χ0n) is 10.0. The summed E-state index contributed by atoms with van der Waals surface area (Å²) in [7, 11) is 2.05. The van der Waals surface area contributed by atoms with Gasteiger partial charge in [-0.2, -0.15) is 0 Å². The van der Waals surface area contributed by atoms with E-state index >= 15 is 0 Å². The Hall–Kier alpha value is -2.09. The van der Waals surface area contributed by atoms with Crippen molar-refractivity contribution in [2.45, 2.75) is 6.92 Å². The minimum Gasteiger partial charge on any atom is -0.331 e. The van der Waals surface area contributed by atoms with Gasteiger partial charge >= 0.3 is 0 Å². The number of nitrogens with zero attached hydrogens (tertiary/aromatic N) is 2. The van der Waals surface area contributed by atoms with Crippen molar-refractivity contribution >= 4 is 11.0 Å². The van der Waals surface area contributed by atoms with Gasteiger partial charge in [0.1, 0.15) is 5.82 Å². The smallest absolute Gasteiger partial charge is 0.106 e. The molecule has 0 aliphatic heterocycles. The molecule has 0 spiro atoms. The standard InChI is InChI=1S/C15H14N2/c1-11-16-14-10-13(8-9-15(14)17(11)2)12-6-4-3-5-7-12/h3-10H,1-2H3. The molecule has 1 heterocycles. The van der Waals surface area contributed by atoms with Crippen molar-refractivity contribution in [3.63, 3.8) is 0 Å². The number of imidazole rings is 1. The largest absolute Gasteiger partial charge is 0.331 e. The molecule has 2 heteroatoms. The summed E-state index contributed by atoms with van der Waals surface area (Å²) in [5.74, 6) is 1.05. The Morgan fingerprint density at radius 2 is 1.71 bits per heavy atom. The minimum atomic E-state index is 1.05. The first-order chi connectivity index (χ1) is 8.25. The average Bonchev–Trinajstić information content (AvgIpc) is 2.66. The first-order valence-electron chi connectivity index (χ1n) is 5.74. The molecule has 2 aromatic carbocycles. The van der Waals surface area contributed by atoms with Gasteiger partial charge in [-0.3, -0.25) is 0 Å². The second-order valence-corrected chi connectivity index (χ2v) is 4.29. The highest BCUT2D eigenvalue weighted by atomic mass is 15.0. The normalized spacial score (nSPS) is 10.9. The van der Waals surface area contributed by atoms with E-state index in [0.29, 0.717) is 0 Å². The van der Waals surface area contributed by atoms with Crippen LogP contribution in [0.1, 0.15) is 5.82 Å². The summed E-state index contributed by atoms with van der Waals surface area (Å²) in [5.41, 5.74) is 4.70. The second-order valence-electron chi connectivity index (χ2n) is 4.29. The molecule has 17 heavy (non-hydrogen) atoms. The van der Waals surface area contributed by atoms with Crippen LogP contribution in [0.3, 0.4) is 0 Å². The van der Waals surface area contributed by atoms with E-state index in [1.54, 1.807) is 0 Å². The van der Waals surface area contributed by atoms with Crippen LogP contribution in [0.25, 0.3) is 22.2 Å². The van der Waals surface area contributed by atoms with Gasteiger partial charge in [-0.1, -0.05) is 36.4 Å². The molecule has 0 amide bonds. The third-order valence-electron chi connectivity index (χ3n) is 3.21. The van der Waals surface area contributed by atoms with Crippen LogP contribution in [-0.4, -0.2) is 9.55 Å². The molecule has 0 N–H and O–H groups in total. The van der Waals surface area contributed by atoms with Crippen molar-refractivity contribution in [3.05, 3.63) is 54.4 Å². The van der Waals surface area contributed by atoms with Crippen LogP contribution in [0, 0.1) is 6.92 Å². The van der Waals surface area contributed by atoms with Crippen LogP contribution in [0.15, 0.2) is 48.5 Å². The lowest BCUT2D eigenvalue weighted by molar-refractivity contribution is 0.886. The highest BCUT2D eigenvalue weighted by Gasteiger charge is 2.05. The molecule has 0 aliphatic rings. The molecule has 0 saturated heterocycles. The number of rotatable bonds is 1. The molecule has 3 rings (SSSR count). The van der Waals surface area contributed by atoms with Gasteiger partial charge in [0, 0.05) is 7.05 Å².